The van der Waals surface area contributed by atoms with Gasteiger partial charge in [0.05, 0.1) is 21.2 Å². The van der Waals surface area contributed by atoms with Gasteiger partial charge in [-0.15, -0.1) is 0 Å². The SMILES string of the molecule is Cc1cc(NCCNc2ccc([N+](=O)[O-])cn2)nc(-c2ccc(Cl)cc2Cl)c1C#N. The van der Waals surface area contributed by atoms with Gasteiger partial charge < -0.3 is 10.6 Å². The summed E-state index contributed by atoms with van der Waals surface area (Å²) in [5, 5.41) is 27.4. The van der Waals surface area contributed by atoms with Crippen molar-refractivity contribution in [3.8, 4) is 17.3 Å². The fourth-order valence-corrected chi connectivity index (χ4v) is 3.26. The van der Waals surface area contributed by atoms with E-state index in [-0.39, 0.29) is 5.69 Å². The van der Waals surface area contributed by atoms with Gasteiger partial charge >= 0.3 is 0 Å². The highest BCUT2D eigenvalue weighted by Gasteiger charge is 2.15. The van der Waals surface area contributed by atoms with E-state index < -0.39 is 4.92 Å². The van der Waals surface area contributed by atoms with E-state index in [2.05, 4.69) is 26.7 Å². The molecule has 0 saturated carbocycles. The topological polar surface area (TPSA) is 117 Å². The molecule has 0 aliphatic heterocycles. The van der Waals surface area contributed by atoms with Gasteiger partial charge in [0.25, 0.3) is 5.69 Å². The zero-order chi connectivity index (χ0) is 21.7. The quantitative estimate of drug-likeness (QED) is 0.298. The lowest BCUT2D eigenvalue weighted by Gasteiger charge is -2.13. The Morgan fingerprint density at radius 3 is 2.47 bits per heavy atom. The van der Waals surface area contributed by atoms with Crippen molar-refractivity contribution in [2.75, 3.05) is 23.7 Å². The minimum atomic E-state index is -0.498. The normalized spacial score (nSPS) is 10.3. The van der Waals surface area contributed by atoms with Gasteiger partial charge in [-0.3, -0.25) is 10.1 Å². The predicted molar refractivity (Wildman–Crippen MR) is 117 cm³/mol. The number of nitriles is 1. The van der Waals surface area contributed by atoms with Crippen molar-refractivity contribution >= 4 is 40.5 Å². The predicted octanol–water partition coefficient (Wildman–Crippen LogP) is 5.06. The molecule has 0 radical (unpaired) electrons. The summed E-state index contributed by atoms with van der Waals surface area (Å²) >= 11 is 12.3. The van der Waals surface area contributed by atoms with Crippen LogP contribution in [0.2, 0.25) is 10.0 Å². The number of nitro groups is 1. The molecule has 1 aromatic carbocycles. The fraction of sp³-hybridized carbons (Fsp3) is 0.150. The maximum atomic E-state index is 10.7. The van der Waals surface area contributed by atoms with Gasteiger partial charge in [0, 0.05) is 29.7 Å². The van der Waals surface area contributed by atoms with E-state index in [0.29, 0.717) is 51.6 Å². The van der Waals surface area contributed by atoms with Gasteiger partial charge in [-0.05, 0) is 42.8 Å². The van der Waals surface area contributed by atoms with Crippen molar-refractivity contribution in [1.82, 2.24) is 9.97 Å². The second-order valence-electron chi connectivity index (χ2n) is 6.30. The minimum Gasteiger partial charge on any atom is -0.368 e. The number of nitrogens with zero attached hydrogens (tertiary/aromatic N) is 4. The van der Waals surface area contributed by atoms with Crippen LogP contribution in [0.25, 0.3) is 11.3 Å². The molecule has 3 rings (SSSR count). The van der Waals surface area contributed by atoms with Crippen molar-refractivity contribution < 1.29 is 4.92 Å². The zero-order valence-corrected chi connectivity index (χ0v) is 17.3. The summed E-state index contributed by atoms with van der Waals surface area (Å²) in [6, 6.07) is 11.9. The number of hydrogen-bond donors (Lipinski definition) is 2. The summed E-state index contributed by atoms with van der Waals surface area (Å²) < 4.78 is 0. The van der Waals surface area contributed by atoms with Gasteiger partial charge in [0.15, 0.2) is 0 Å². The maximum Gasteiger partial charge on any atom is 0.287 e. The highest BCUT2D eigenvalue weighted by atomic mass is 35.5. The van der Waals surface area contributed by atoms with Crippen LogP contribution < -0.4 is 10.6 Å². The number of benzene rings is 1. The first kappa shape index (κ1) is 21.3. The number of nitrogens with one attached hydrogen (secondary N) is 2. The second kappa shape index (κ2) is 9.39. The van der Waals surface area contributed by atoms with Gasteiger partial charge in [-0.2, -0.15) is 5.26 Å². The van der Waals surface area contributed by atoms with Crippen molar-refractivity contribution in [2.24, 2.45) is 0 Å². The number of halogens is 2. The van der Waals surface area contributed by atoms with Crippen LogP contribution in [-0.4, -0.2) is 28.0 Å². The average molecular weight is 443 g/mol. The van der Waals surface area contributed by atoms with Crippen molar-refractivity contribution in [3.05, 3.63) is 73.9 Å². The minimum absolute atomic E-state index is 0.0654. The van der Waals surface area contributed by atoms with E-state index in [1.54, 1.807) is 30.3 Å². The van der Waals surface area contributed by atoms with Gasteiger partial charge in [-0.1, -0.05) is 23.2 Å². The first-order valence-corrected chi connectivity index (χ1v) is 9.60. The van der Waals surface area contributed by atoms with Crippen LogP contribution in [0.15, 0.2) is 42.6 Å². The Bertz CT molecular complexity index is 1130. The molecule has 0 atom stereocenters. The lowest BCUT2D eigenvalue weighted by molar-refractivity contribution is -0.385. The summed E-state index contributed by atoms with van der Waals surface area (Å²) in [5.74, 6) is 1.12. The first-order chi connectivity index (χ1) is 14.4. The van der Waals surface area contributed by atoms with E-state index in [9.17, 15) is 15.4 Å². The molecule has 2 aromatic heterocycles. The van der Waals surface area contributed by atoms with E-state index >= 15 is 0 Å². The summed E-state index contributed by atoms with van der Waals surface area (Å²) in [6.07, 6.45) is 1.20. The Morgan fingerprint density at radius 2 is 1.87 bits per heavy atom. The molecule has 0 saturated heterocycles. The first-order valence-electron chi connectivity index (χ1n) is 8.84. The molecule has 0 unspecified atom stereocenters. The Kier molecular flexibility index (Phi) is 6.67. The van der Waals surface area contributed by atoms with Crippen LogP contribution in [0.5, 0.6) is 0 Å². The number of rotatable bonds is 7. The third-order valence-corrected chi connectivity index (χ3v) is 4.76. The van der Waals surface area contributed by atoms with Gasteiger partial charge in [0.1, 0.15) is 23.9 Å². The summed E-state index contributed by atoms with van der Waals surface area (Å²) in [5.41, 5.74) is 2.24. The molecule has 0 aliphatic carbocycles. The third kappa shape index (κ3) is 4.95. The molecule has 8 nitrogen and oxygen atoms in total. The molecule has 10 heteroatoms. The molecule has 0 bridgehead atoms. The Labute approximate surface area is 182 Å². The van der Waals surface area contributed by atoms with Crippen LogP contribution in [0.1, 0.15) is 11.1 Å². The zero-order valence-electron chi connectivity index (χ0n) is 15.8. The highest BCUT2D eigenvalue weighted by Crippen LogP contribution is 2.33. The molecule has 2 heterocycles. The molecule has 0 spiro atoms. The molecular weight excluding hydrogens is 427 g/mol. The van der Waals surface area contributed by atoms with Gasteiger partial charge in [-0.25, -0.2) is 9.97 Å². The molecule has 3 aromatic rings. The number of aryl methyl sites for hydroxylation is 1. The standard InChI is InChI=1S/C20H16Cl2N6O2/c1-12-8-19(25-7-6-24-18-5-3-14(11-26-18)28(29)30)27-20(16(12)10-23)15-4-2-13(21)9-17(15)22/h2-5,8-9,11H,6-7H2,1H3,(H,24,26)(H,25,27). The highest BCUT2D eigenvalue weighted by molar-refractivity contribution is 6.36. The summed E-state index contributed by atoms with van der Waals surface area (Å²) in [4.78, 5) is 18.7. The van der Waals surface area contributed by atoms with E-state index in [1.165, 1.54) is 12.3 Å². The van der Waals surface area contributed by atoms with E-state index in [1.807, 2.05) is 6.92 Å². The van der Waals surface area contributed by atoms with E-state index in [4.69, 9.17) is 23.2 Å². The fourth-order valence-electron chi connectivity index (χ4n) is 2.76. The van der Waals surface area contributed by atoms with Crippen molar-refractivity contribution in [3.63, 3.8) is 0 Å². The van der Waals surface area contributed by atoms with Crippen LogP contribution in [0.3, 0.4) is 0 Å². The van der Waals surface area contributed by atoms with Crippen molar-refractivity contribution in [2.45, 2.75) is 6.92 Å². The Balaban J connectivity index is 1.71. The Morgan fingerprint density at radius 1 is 1.13 bits per heavy atom. The van der Waals surface area contributed by atoms with Crippen LogP contribution in [0, 0.1) is 28.4 Å². The summed E-state index contributed by atoms with van der Waals surface area (Å²) in [7, 11) is 0. The lowest BCUT2D eigenvalue weighted by Crippen LogP contribution is -2.15. The molecule has 152 valence electrons. The van der Waals surface area contributed by atoms with Crippen LogP contribution in [0.4, 0.5) is 17.3 Å². The third-order valence-electron chi connectivity index (χ3n) is 4.21. The van der Waals surface area contributed by atoms with Gasteiger partial charge in [0.2, 0.25) is 0 Å². The number of hydrogen-bond acceptors (Lipinski definition) is 7. The Hall–Kier alpha value is -3.41. The summed E-state index contributed by atoms with van der Waals surface area (Å²) in [6.45, 7) is 2.84. The number of anilines is 2. The van der Waals surface area contributed by atoms with Crippen LogP contribution in [-0.2, 0) is 0 Å². The molecule has 30 heavy (non-hydrogen) atoms. The largest absolute Gasteiger partial charge is 0.368 e. The van der Waals surface area contributed by atoms with Crippen LogP contribution >= 0.6 is 23.2 Å². The molecule has 0 fully saturated rings. The smallest absolute Gasteiger partial charge is 0.287 e. The number of aromatic nitrogens is 2. The molecule has 0 amide bonds. The lowest BCUT2D eigenvalue weighted by atomic mass is 10.0. The monoisotopic (exact) mass is 442 g/mol. The van der Waals surface area contributed by atoms with E-state index in [0.717, 1.165) is 5.56 Å². The average Bonchev–Trinajstić information content (AvgIpc) is 2.71. The molecule has 0 aliphatic rings. The van der Waals surface area contributed by atoms with Crippen molar-refractivity contribution in [1.29, 1.82) is 5.26 Å². The maximum absolute atomic E-state index is 10.7. The second-order valence-corrected chi connectivity index (χ2v) is 7.14. The molecular formula is C20H16Cl2N6O2. The number of pyridine rings is 2. The molecule has 2 N–H and O–H groups in total.